The Morgan fingerprint density at radius 2 is 2.17 bits per heavy atom. The summed E-state index contributed by atoms with van der Waals surface area (Å²) in [6, 6.07) is 3.92. The molecule has 1 atom stereocenters. The molecule has 2 aliphatic rings. The number of nitrogens with zero attached hydrogens (tertiary/aromatic N) is 5. The summed E-state index contributed by atoms with van der Waals surface area (Å²) < 4.78 is 13.4. The fraction of sp³-hybridized carbons (Fsp3) is 0.562. The van der Waals surface area contributed by atoms with Crippen LogP contribution >= 0.6 is 0 Å². The average Bonchev–Trinajstić information content (AvgIpc) is 3.35. The summed E-state index contributed by atoms with van der Waals surface area (Å²) in [5.41, 5.74) is 1.17. The van der Waals surface area contributed by atoms with Crippen LogP contribution in [0.25, 0.3) is 0 Å². The molecule has 3 heterocycles. The van der Waals surface area contributed by atoms with Crippen LogP contribution in [0.4, 0.5) is 5.82 Å². The summed E-state index contributed by atoms with van der Waals surface area (Å²) in [7, 11) is 1.62. The summed E-state index contributed by atoms with van der Waals surface area (Å²) in [6.07, 6.45) is 6.09. The van der Waals surface area contributed by atoms with Crippen molar-refractivity contribution in [3.05, 3.63) is 30.4 Å². The standard InChI is InChI=1S/C16H21N5O2/c1-22-16-6-15(17-11-18-16)20-7-13-4-5-19-21(13)9-14(8-20)23-10-12-2-3-12/h4-6,11-12,14H,2-3,7-10H2,1H3/t14-/m1/s1. The third kappa shape index (κ3) is 3.29. The Bertz CT molecular complexity index is 670. The van der Waals surface area contributed by atoms with Crippen LogP contribution < -0.4 is 9.64 Å². The zero-order valence-electron chi connectivity index (χ0n) is 13.3. The van der Waals surface area contributed by atoms with Crippen molar-refractivity contribution < 1.29 is 9.47 Å². The summed E-state index contributed by atoms with van der Waals surface area (Å²) >= 11 is 0. The molecule has 23 heavy (non-hydrogen) atoms. The summed E-state index contributed by atoms with van der Waals surface area (Å²) in [5.74, 6) is 2.18. The van der Waals surface area contributed by atoms with Crippen LogP contribution in [0.1, 0.15) is 18.5 Å². The Balaban J connectivity index is 1.56. The van der Waals surface area contributed by atoms with E-state index in [-0.39, 0.29) is 6.10 Å². The van der Waals surface area contributed by atoms with E-state index < -0.39 is 0 Å². The first kappa shape index (κ1) is 14.4. The largest absolute Gasteiger partial charge is 0.481 e. The maximum atomic E-state index is 6.14. The van der Waals surface area contributed by atoms with Gasteiger partial charge in [-0.25, -0.2) is 9.97 Å². The topological polar surface area (TPSA) is 65.3 Å². The van der Waals surface area contributed by atoms with Crippen molar-refractivity contribution in [1.29, 1.82) is 0 Å². The van der Waals surface area contributed by atoms with Gasteiger partial charge in [0.25, 0.3) is 0 Å². The predicted molar refractivity (Wildman–Crippen MR) is 84.3 cm³/mol. The van der Waals surface area contributed by atoms with E-state index in [1.54, 1.807) is 7.11 Å². The first-order valence-corrected chi connectivity index (χ1v) is 8.05. The van der Waals surface area contributed by atoms with Gasteiger partial charge in [0.15, 0.2) is 0 Å². The van der Waals surface area contributed by atoms with Crippen molar-refractivity contribution >= 4 is 5.82 Å². The van der Waals surface area contributed by atoms with Crippen molar-refractivity contribution in [2.24, 2.45) is 5.92 Å². The van der Waals surface area contributed by atoms with Gasteiger partial charge < -0.3 is 14.4 Å². The van der Waals surface area contributed by atoms with Crippen molar-refractivity contribution in [3.8, 4) is 5.88 Å². The molecule has 7 nitrogen and oxygen atoms in total. The minimum absolute atomic E-state index is 0.109. The van der Waals surface area contributed by atoms with Crippen LogP contribution in [0.3, 0.4) is 0 Å². The van der Waals surface area contributed by atoms with Gasteiger partial charge in [-0.15, -0.1) is 0 Å². The molecule has 0 spiro atoms. The Kier molecular flexibility index (Phi) is 3.87. The normalized spacial score (nSPS) is 20.9. The Morgan fingerprint density at radius 1 is 1.26 bits per heavy atom. The minimum Gasteiger partial charge on any atom is -0.481 e. The molecule has 4 rings (SSSR count). The fourth-order valence-corrected chi connectivity index (χ4v) is 2.87. The number of methoxy groups -OCH3 is 1. The van der Waals surface area contributed by atoms with E-state index in [1.165, 1.54) is 24.9 Å². The first-order valence-electron chi connectivity index (χ1n) is 8.05. The first-order chi connectivity index (χ1) is 11.3. The molecule has 1 aliphatic heterocycles. The average molecular weight is 315 g/mol. The van der Waals surface area contributed by atoms with E-state index in [0.29, 0.717) is 5.88 Å². The molecule has 0 radical (unpaired) electrons. The molecule has 2 aromatic heterocycles. The molecule has 0 saturated heterocycles. The lowest BCUT2D eigenvalue weighted by Gasteiger charge is -2.25. The molecule has 0 N–H and O–H groups in total. The van der Waals surface area contributed by atoms with E-state index >= 15 is 0 Å². The number of hydrogen-bond acceptors (Lipinski definition) is 6. The number of anilines is 1. The van der Waals surface area contributed by atoms with Crippen LogP contribution in [0.5, 0.6) is 5.88 Å². The Morgan fingerprint density at radius 3 is 3.00 bits per heavy atom. The zero-order chi connectivity index (χ0) is 15.6. The number of hydrogen-bond donors (Lipinski definition) is 0. The highest BCUT2D eigenvalue weighted by atomic mass is 16.5. The van der Waals surface area contributed by atoms with Gasteiger partial charge in [-0.1, -0.05) is 0 Å². The molecule has 1 aliphatic carbocycles. The molecule has 7 heteroatoms. The predicted octanol–water partition coefficient (Wildman–Crippen LogP) is 1.50. The maximum absolute atomic E-state index is 6.14. The van der Waals surface area contributed by atoms with Gasteiger partial charge in [0.05, 0.1) is 32.0 Å². The van der Waals surface area contributed by atoms with Gasteiger partial charge in [0.1, 0.15) is 12.1 Å². The second-order valence-electron chi connectivity index (χ2n) is 6.20. The van der Waals surface area contributed by atoms with E-state index in [0.717, 1.165) is 38.0 Å². The molecule has 0 unspecified atom stereocenters. The van der Waals surface area contributed by atoms with Crippen molar-refractivity contribution in [2.75, 3.05) is 25.2 Å². The van der Waals surface area contributed by atoms with Crippen LogP contribution in [0.15, 0.2) is 24.7 Å². The SMILES string of the molecule is COc1cc(N2Cc3ccnn3C[C@H](OCC3CC3)C2)ncn1. The lowest BCUT2D eigenvalue weighted by atomic mass is 10.3. The number of fused-ring (bicyclic) bond motifs is 1. The van der Waals surface area contributed by atoms with Crippen LogP contribution in [0, 0.1) is 5.92 Å². The molecule has 0 bridgehead atoms. The smallest absolute Gasteiger partial charge is 0.218 e. The molecule has 1 fully saturated rings. The zero-order valence-corrected chi connectivity index (χ0v) is 13.3. The minimum atomic E-state index is 0.109. The Hall–Kier alpha value is -2.15. The van der Waals surface area contributed by atoms with Gasteiger partial charge in [-0.05, 0) is 24.8 Å². The highest BCUT2D eigenvalue weighted by Gasteiger charge is 2.27. The summed E-state index contributed by atoms with van der Waals surface area (Å²) in [6.45, 7) is 3.18. The molecule has 0 aromatic carbocycles. The lowest BCUT2D eigenvalue weighted by Crippen LogP contribution is -2.34. The molecule has 0 amide bonds. The fourth-order valence-electron chi connectivity index (χ4n) is 2.87. The molecular weight excluding hydrogens is 294 g/mol. The van der Waals surface area contributed by atoms with E-state index in [9.17, 15) is 0 Å². The van der Waals surface area contributed by atoms with Gasteiger partial charge in [0.2, 0.25) is 5.88 Å². The third-order valence-corrected chi connectivity index (χ3v) is 4.38. The number of ether oxygens (including phenoxy) is 2. The van der Waals surface area contributed by atoms with Gasteiger partial charge in [-0.2, -0.15) is 5.10 Å². The third-order valence-electron chi connectivity index (χ3n) is 4.38. The van der Waals surface area contributed by atoms with E-state index in [1.807, 2.05) is 16.9 Å². The molecule has 122 valence electrons. The van der Waals surface area contributed by atoms with Gasteiger partial charge in [-0.3, -0.25) is 4.68 Å². The van der Waals surface area contributed by atoms with Crippen LogP contribution in [-0.2, 0) is 17.8 Å². The highest BCUT2D eigenvalue weighted by molar-refractivity contribution is 5.41. The van der Waals surface area contributed by atoms with Gasteiger partial charge in [0, 0.05) is 25.4 Å². The van der Waals surface area contributed by atoms with Crippen LogP contribution in [-0.4, -0.2) is 46.1 Å². The quantitative estimate of drug-likeness (QED) is 0.833. The van der Waals surface area contributed by atoms with Crippen molar-refractivity contribution in [2.45, 2.75) is 32.0 Å². The van der Waals surface area contributed by atoms with Gasteiger partial charge >= 0.3 is 0 Å². The molecule has 1 saturated carbocycles. The number of aromatic nitrogens is 4. The van der Waals surface area contributed by atoms with E-state index in [2.05, 4.69) is 26.0 Å². The highest BCUT2D eigenvalue weighted by Crippen LogP contribution is 2.30. The maximum Gasteiger partial charge on any atom is 0.218 e. The summed E-state index contributed by atoms with van der Waals surface area (Å²) in [5, 5.41) is 4.42. The van der Waals surface area contributed by atoms with Crippen molar-refractivity contribution in [3.63, 3.8) is 0 Å². The molecule has 2 aromatic rings. The van der Waals surface area contributed by atoms with E-state index in [4.69, 9.17) is 9.47 Å². The Labute approximate surface area is 135 Å². The lowest BCUT2D eigenvalue weighted by molar-refractivity contribution is 0.0392. The molecular formula is C16H21N5O2. The summed E-state index contributed by atoms with van der Waals surface area (Å²) in [4.78, 5) is 10.7. The van der Waals surface area contributed by atoms with Crippen LogP contribution in [0.2, 0.25) is 0 Å². The number of rotatable bonds is 5. The second kappa shape index (κ2) is 6.16. The van der Waals surface area contributed by atoms with Crippen molar-refractivity contribution in [1.82, 2.24) is 19.7 Å². The monoisotopic (exact) mass is 315 g/mol. The second-order valence-corrected chi connectivity index (χ2v) is 6.20.